The molecule has 0 amide bonds. The second kappa shape index (κ2) is 4.51. The van der Waals surface area contributed by atoms with Gasteiger partial charge in [-0.25, -0.2) is 4.98 Å². The largest absolute Gasteiger partial charge is 0.375 e. The summed E-state index contributed by atoms with van der Waals surface area (Å²) in [5.74, 6) is 0. The highest BCUT2D eigenvalue weighted by Crippen LogP contribution is 2.25. The lowest BCUT2D eigenvalue weighted by Crippen LogP contribution is -1.84. The van der Waals surface area contributed by atoms with Gasteiger partial charge >= 0.3 is 0 Å². The Morgan fingerprint density at radius 3 is 2.87 bits per heavy atom. The van der Waals surface area contributed by atoms with Gasteiger partial charge in [0.1, 0.15) is 0 Å². The Morgan fingerprint density at radius 2 is 2.27 bits per heavy atom. The lowest BCUT2D eigenvalue weighted by atomic mass is 10.1. The third kappa shape index (κ3) is 2.71. The summed E-state index contributed by atoms with van der Waals surface area (Å²) in [4.78, 5) is 5.15. The van der Waals surface area contributed by atoms with Gasteiger partial charge in [-0.05, 0) is 33.6 Å². The number of rotatable bonds is 2. The van der Waals surface area contributed by atoms with E-state index in [0.717, 1.165) is 26.4 Å². The molecule has 0 aliphatic carbocycles. The second-order valence-electron chi connectivity index (χ2n) is 3.09. The van der Waals surface area contributed by atoms with Gasteiger partial charge in [-0.15, -0.1) is 11.3 Å². The Labute approximate surface area is 105 Å². The molecule has 0 bridgehead atoms. The highest BCUT2D eigenvalue weighted by molar-refractivity contribution is 9.10. The predicted octanol–water partition coefficient (Wildman–Crippen LogP) is 3.73. The molecule has 1 aromatic heterocycles. The van der Waals surface area contributed by atoms with Crippen LogP contribution in [0.25, 0.3) is 0 Å². The van der Waals surface area contributed by atoms with Crippen molar-refractivity contribution in [2.45, 2.75) is 6.42 Å². The van der Waals surface area contributed by atoms with Crippen molar-refractivity contribution in [3.05, 3.63) is 44.3 Å². The molecule has 0 aliphatic heterocycles. The Morgan fingerprint density at radius 1 is 1.47 bits per heavy atom. The summed E-state index contributed by atoms with van der Waals surface area (Å²) in [7, 11) is 0. The molecule has 78 valence electrons. The van der Waals surface area contributed by atoms with E-state index in [4.69, 9.17) is 17.3 Å². The summed E-state index contributed by atoms with van der Waals surface area (Å²) in [6.45, 7) is 0. The summed E-state index contributed by atoms with van der Waals surface area (Å²) in [5.41, 5.74) is 6.72. The SMILES string of the molecule is Nc1ncc(Cc2ccc(Br)c(Cl)c2)s1. The highest BCUT2D eigenvalue weighted by Gasteiger charge is 2.03. The molecule has 5 heteroatoms. The number of halogens is 2. The zero-order chi connectivity index (χ0) is 10.8. The number of nitrogen functional groups attached to an aromatic ring is 1. The Balaban J connectivity index is 2.21. The van der Waals surface area contributed by atoms with E-state index in [2.05, 4.69) is 20.9 Å². The molecule has 2 aromatic rings. The quantitative estimate of drug-likeness (QED) is 0.918. The van der Waals surface area contributed by atoms with E-state index in [-0.39, 0.29) is 0 Å². The van der Waals surface area contributed by atoms with E-state index in [1.807, 2.05) is 18.2 Å². The average Bonchev–Trinajstić information content (AvgIpc) is 2.58. The van der Waals surface area contributed by atoms with Crippen LogP contribution >= 0.6 is 38.9 Å². The molecule has 0 atom stereocenters. The maximum atomic E-state index is 6.00. The van der Waals surface area contributed by atoms with Crippen molar-refractivity contribution in [2.24, 2.45) is 0 Å². The maximum absolute atomic E-state index is 6.00. The molecule has 15 heavy (non-hydrogen) atoms. The molecule has 0 unspecified atom stereocenters. The fraction of sp³-hybridized carbons (Fsp3) is 0.100. The normalized spacial score (nSPS) is 10.5. The molecular formula is C10H8BrClN2S. The minimum Gasteiger partial charge on any atom is -0.375 e. The molecule has 1 aromatic carbocycles. The zero-order valence-electron chi connectivity index (χ0n) is 7.71. The predicted molar refractivity (Wildman–Crippen MR) is 68.5 cm³/mol. The monoisotopic (exact) mass is 302 g/mol. The van der Waals surface area contributed by atoms with Crippen LogP contribution in [0.4, 0.5) is 5.13 Å². The molecule has 0 aliphatic rings. The molecule has 2 nitrogen and oxygen atoms in total. The molecular weight excluding hydrogens is 296 g/mol. The molecule has 2 N–H and O–H groups in total. The van der Waals surface area contributed by atoms with E-state index < -0.39 is 0 Å². The smallest absolute Gasteiger partial charge is 0.180 e. The van der Waals surface area contributed by atoms with E-state index in [9.17, 15) is 0 Å². The molecule has 0 spiro atoms. The maximum Gasteiger partial charge on any atom is 0.180 e. The Hall–Kier alpha value is -0.580. The van der Waals surface area contributed by atoms with Crippen LogP contribution in [-0.2, 0) is 6.42 Å². The van der Waals surface area contributed by atoms with Gasteiger partial charge in [0.2, 0.25) is 0 Å². The molecule has 2 rings (SSSR count). The number of nitrogens with two attached hydrogens (primary N) is 1. The van der Waals surface area contributed by atoms with Gasteiger partial charge in [-0.2, -0.15) is 0 Å². The van der Waals surface area contributed by atoms with Crippen molar-refractivity contribution in [3.8, 4) is 0 Å². The minimum absolute atomic E-state index is 0.605. The first-order chi connectivity index (χ1) is 7.15. The number of aromatic nitrogens is 1. The first kappa shape index (κ1) is 10.9. The lowest BCUT2D eigenvalue weighted by molar-refractivity contribution is 1.22. The third-order valence-corrected chi connectivity index (χ3v) is 3.99. The number of benzene rings is 1. The van der Waals surface area contributed by atoms with Gasteiger partial charge in [0, 0.05) is 22.0 Å². The van der Waals surface area contributed by atoms with Crippen LogP contribution in [0, 0.1) is 0 Å². The minimum atomic E-state index is 0.605. The van der Waals surface area contributed by atoms with Crippen molar-refractivity contribution in [2.75, 3.05) is 5.73 Å². The molecule has 0 radical (unpaired) electrons. The second-order valence-corrected chi connectivity index (χ2v) is 5.50. The van der Waals surface area contributed by atoms with E-state index in [0.29, 0.717) is 5.13 Å². The van der Waals surface area contributed by atoms with Crippen molar-refractivity contribution < 1.29 is 0 Å². The fourth-order valence-electron chi connectivity index (χ4n) is 1.26. The van der Waals surface area contributed by atoms with Crippen LogP contribution in [-0.4, -0.2) is 4.98 Å². The molecule has 0 saturated heterocycles. The van der Waals surface area contributed by atoms with Gasteiger partial charge in [0.15, 0.2) is 5.13 Å². The summed E-state index contributed by atoms with van der Waals surface area (Å²) in [6, 6.07) is 5.93. The number of hydrogen-bond acceptors (Lipinski definition) is 3. The number of anilines is 1. The van der Waals surface area contributed by atoms with Gasteiger partial charge in [0.25, 0.3) is 0 Å². The number of thiazole rings is 1. The van der Waals surface area contributed by atoms with Gasteiger partial charge in [-0.1, -0.05) is 17.7 Å². The van der Waals surface area contributed by atoms with Gasteiger partial charge in [0.05, 0.1) is 5.02 Å². The van der Waals surface area contributed by atoms with Crippen LogP contribution in [0.2, 0.25) is 5.02 Å². The fourth-order valence-corrected chi connectivity index (χ4v) is 2.42. The average molecular weight is 304 g/mol. The van der Waals surface area contributed by atoms with Crippen LogP contribution in [0.5, 0.6) is 0 Å². The molecule has 1 heterocycles. The van der Waals surface area contributed by atoms with Gasteiger partial charge < -0.3 is 5.73 Å². The van der Waals surface area contributed by atoms with Crippen LogP contribution in [0.3, 0.4) is 0 Å². The first-order valence-electron chi connectivity index (χ1n) is 4.29. The van der Waals surface area contributed by atoms with Gasteiger partial charge in [-0.3, -0.25) is 0 Å². The Bertz CT molecular complexity index is 484. The van der Waals surface area contributed by atoms with Crippen molar-refractivity contribution in [1.82, 2.24) is 4.98 Å². The van der Waals surface area contributed by atoms with Crippen molar-refractivity contribution in [3.63, 3.8) is 0 Å². The first-order valence-corrected chi connectivity index (χ1v) is 6.28. The van der Waals surface area contributed by atoms with Crippen LogP contribution < -0.4 is 5.73 Å². The summed E-state index contributed by atoms with van der Waals surface area (Å²) in [5, 5.41) is 1.33. The highest BCUT2D eigenvalue weighted by atomic mass is 79.9. The van der Waals surface area contributed by atoms with E-state index >= 15 is 0 Å². The van der Waals surface area contributed by atoms with E-state index in [1.165, 1.54) is 11.3 Å². The molecule has 0 fully saturated rings. The summed E-state index contributed by atoms with van der Waals surface area (Å²) >= 11 is 10.9. The topological polar surface area (TPSA) is 38.9 Å². The lowest BCUT2D eigenvalue weighted by Gasteiger charge is -2.00. The zero-order valence-corrected chi connectivity index (χ0v) is 10.9. The van der Waals surface area contributed by atoms with Crippen LogP contribution in [0.15, 0.2) is 28.9 Å². The summed E-state index contributed by atoms with van der Waals surface area (Å²) < 4.78 is 0.914. The Kier molecular flexibility index (Phi) is 3.29. The molecule has 0 saturated carbocycles. The number of nitrogens with zero attached hydrogens (tertiary/aromatic N) is 1. The third-order valence-electron chi connectivity index (χ3n) is 1.93. The number of hydrogen-bond donors (Lipinski definition) is 1. The van der Waals surface area contributed by atoms with Crippen molar-refractivity contribution >= 4 is 44.0 Å². The standard InChI is InChI=1S/C10H8BrClN2S/c11-8-2-1-6(4-9(8)12)3-7-5-14-10(13)15-7/h1-2,4-5H,3H2,(H2,13,14). The van der Waals surface area contributed by atoms with Crippen molar-refractivity contribution in [1.29, 1.82) is 0 Å². The summed E-state index contributed by atoms with van der Waals surface area (Å²) in [6.07, 6.45) is 2.62. The van der Waals surface area contributed by atoms with E-state index in [1.54, 1.807) is 6.20 Å². The van der Waals surface area contributed by atoms with Crippen LogP contribution in [0.1, 0.15) is 10.4 Å².